The lowest BCUT2D eigenvalue weighted by Gasteiger charge is -2.12. The number of hydrogen-bond acceptors (Lipinski definition) is 4. The number of rotatable bonds is 6. The monoisotopic (exact) mass is 404 g/mol. The molecule has 7 nitrogen and oxygen atoms in total. The molecular formula is C23H24N4O3. The molecule has 3 aromatic rings. The minimum atomic E-state index is -0.281. The van der Waals surface area contributed by atoms with E-state index in [9.17, 15) is 9.59 Å². The number of benzene rings is 2. The Kier molecular flexibility index (Phi) is 5.27. The van der Waals surface area contributed by atoms with E-state index in [-0.39, 0.29) is 17.9 Å². The van der Waals surface area contributed by atoms with E-state index in [0.29, 0.717) is 28.3 Å². The molecule has 0 bridgehead atoms. The molecule has 2 N–H and O–H groups in total. The number of aryl methyl sites for hydroxylation is 1. The summed E-state index contributed by atoms with van der Waals surface area (Å²) in [5.41, 5.74) is 3.91. The van der Waals surface area contributed by atoms with Crippen LogP contribution in [0.3, 0.4) is 0 Å². The third-order valence-electron chi connectivity index (χ3n) is 5.23. The molecule has 1 aromatic heterocycles. The summed E-state index contributed by atoms with van der Waals surface area (Å²) in [7, 11) is 1.60. The average Bonchev–Trinajstić information content (AvgIpc) is 3.48. The number of anilines is 1. The van der Waals surface area contributed by atoms with Crippen LogP contribution in [0.5, 0.6) is 5.75 Å². The summed E-state index contributed by atoms with van der Waals surface area (Å²) < 4.78 is 7.08. The van der Waals surface area contributed by atoms with Crippen LogP contribution < -0.4 is 15.4 Å². The van der Waals surface area contributed by atoms with E-state index in [1.807, 2.05) is 44.2 Å². The second-order valence-corrected chi connectivity index (χ2v) is 7.46. The first-order valence-electron chi connectivity index (χ1n) is 9.89. The van der Waals surface area contributed by atoms with Crippen molar-refractivity contribution in [3.05, 3.63) is 71.0 Å². The largest absolute Gasteiger partial charge is 0.494 e. The van der Waals surface area contributed by atoms with Crippen LogP contribution in [0.4, 0.5) is 5.69 Å². The van der Waals surface area contributed by atoms with Crippen LogP contribution in [-0.4, -0.2) is 34.7 Å². The number of hydrogen-bond donors (Lipinski definition) is 2. The van der Waals surface area contributed by atoms with Crippen molar-refractivity contribution < 1.29 is 14.3 Å². The first-order valence-corrected chi connectivity index (χ1v) is 9.89. The van der Waals surface area contributed by atoms with E-state index in [4.69, 9.17) is 4.74 Å². The maximum atomic E-state index is 13.0. The molecule has 4 rings (SSSR count). The molecule has 0 atom stereocenters. The molecule has 2 aromatic carbocycles. The highest BCUT2D eigenvalue weighted by molar-refractivity contribution is 6.06. The Morgan fingerprint density at radius 1 is 1.10 bits per heavy atom. The lowest BCUT2D eigenvalue weighted by atomic mass is 10.1. The van der Waals surface area contributed by atoms with Crippen molar-refractivity contribution in [3.8, 4) is 11.4 Å². The summed E-state index contributed by atoms with van der Waals surface area (Å²) in [6, 6.07) is 13.1. The highest BCUT2D eigenvalue weighted by Crippen LogP contribution is 2.25. The van der Waals surface area contributed by atoms with Crippen molar-refractivity contribution in [1.29, 1.82) is 0 Å². The van der Waals surface area contributed by atoms with Crippen LogP contribution >= 0.6 is 0 Å². The fourth-order valence-electron chi connectivity index (χ4n) is 3.26. The number of methoxy groups -OCH3 is 1. The van der Waals surface area contributed by atoms with Crippen LogP contribution in [0.1, 0.15) is 44.8 Å². The molecule has 1 heterocycles. The van der Waals surface area contributed by atoms with Crippen LogP contribution in [0.15, 0.2) is 48.7 Å². The minimum Gasteiger partial charge on any atom is -0.494 e. The van der Waals surface area contributed by atoms with Gasteiger partial charge in [-0.2, -0.15) is 5.10 Å². The zero-order chi connectivity index (χ0) is 21.3. The number of nitrogens with zero attached hydrogens (tertiary/aromatic N) is 2. The first kappa shape index (κ1) is 19.7. The average molecular weight is 404 g/mol. The zero-order valence-electron chi connectivity index (χ0n) is 17.2. The molecule has 0 saturated heterocycles. The van der Waals surface area contributed by atoms with E-state index in [2.05, 4.69) is 15.7 Å². The summed E-state index contributed by atoms with van der Waals surface area (Å²) in [4.78, 5) is 25.3. The molecular weight excluding hydrogens is 380 g/mol. The van der Waals surface area contributed by atoms with Crippen molar-refractivity contribution in [2.75, 3.05) is 12.4 Å². The molecule has 1 aliphatic rings. The lowest BCUT2D eigenvalue weighted by Crippen LogP contribution is -2.25. The van der Waals surface area contributed by atoms with Crippen LogP contribution in [0, 0.1) is 13.8 Å². The van der Waals surface area contributed by atoms with Gasteiger partial charge < -0.3 is 15.4 Å². The molecule has 1 aliphatic carbocycles. The first-order chi connectivity index (χ1) is 14.5. The van der Waals surface area contributed by atoms with Gasteiger partial charge in [0.15, 0.2) is 0 Å². The van der Waals surface area contributed by atoms with Gasteiger partial charge in [-0.3, -0.25) is 9.59 Å². The molecule has 2 amide bonds. The molecule has 7 heteroatoms. The number of aromatic nitrogens is 2. The highest BCUT2D eigenvalue weighted by Gasteiger charge is 2.24. The number of carbonyl (C=O) groups is 2. The fraction of sp³-hybridized carbons (Fsp3) is 0.261. The summed E-state index contributed by atoms with van der Waals surface area (Å²) >= 11 is 0. The maximum Gasteiger partial charge on any atom is 0.259 e. The number of nitrogens with one attached hydrogen (secondary N) is 2. The van der Waals surface area contributed by atoms with Crippen molar-refractivity contribution >= 4 is 17.5 Å². The Bertz CT molecular complexity index is 1120. The molecule has 154 valence electrons. The van der Waals surface area contributed by atoms with Crippen molar-refractivity contribution in [3.63, 3.8) is 0 Å². The Labute approximate surface area is 175 Å². The highest BCUT2D eigenvalue weighted by atomic mass is 16.5. The normalized spacial score (nSPS) is 13.0. The number of carbonyl (C=O) groups excluding carboxylic acids is 2. The Morgan fingerprint density at radius 3 is 2.60 bits per heavy atom. The third-order valence-corrected chi connectivity index (χ3v) is 5.23. The van der Waals surface area contributed by atoms with Gasteiger partial charge in [0.2, 0.25) is 0 Å². The van der Waals surface area contributed by atoms with E-state index in [0.717, 1.165) is 24.1 Å². The Hall–Kier alpha value is -3.61. The van der Waals surface area contributed by atoms with Crippen molar-refractivity contribution in [2.45, 2.75) is 32.7 Å². The molecule has 0 radical (unpaired) electrons. The van der Waals surface area contributed by atoms with Gasteiger partial charge >= 0.3 is 0 Å². The van der Waals surface area contributed by atoms with Gasteiger partial charge in [0, 0.05) is 17.3 Å². The van der Waals surface area contributed by atoms with E-state index >= 15 is 0 Å². The molecule has 0 aliphatic heterocycles. The second kappa shape index (κ2) is 8.02. The number of para-hydroxylation sites is 2. The smallest absolute Gasteiger partial charge is 0.259 e. The van der Waals surface area contributed by atoms with Crippen molar-refractivity contribution in [2.24, 2.45) is 0 Å². The molecule has 1 saturated carbocycles. The molecule has 0 spiro atoms. The van der Waals surface area contributed by atoms with E-state index in [1.54, 1.807) is 23.9 Å². The van der Waals surface area contributed by atoms with E-state index in [1.165, 1.54) is 6.20 Å². The lowest BCUT2D eigenvalue weighted by molar-refractivity contribution is 0.0949. The molecule has 0 unspecified atom stereocenters. The minimum absolute atomic E-state index is 0.117. The second-order valence-electron chi connectivity index (χ2n) is 7.46. The van der Waals surface area contributed by atoms with E-state index < -0.39 is 0 Å². The quantitative estimate of drug-likeness (QED) is 0.657. The zero-order valence-corrected chi connectivity index (χ0v) is 17.2. The SMILES string of the molecule is COc1ccccc1-n1ncc(C(=O)Nc2cc(C(=O)NC3CC3)ccc2C)c1C. The van der Waals surface area contributed by atoms with Crippen LogP contribution in [0.25, 0.3) is 5.69 Å². The summed E-state index contributed by atoms with van der Waals surface area (Å²) in [5, 5.41) is 10.3. The molecule has 30 heavy (non-hydrogen) atoms. The van der Waals surface area contributed by atoms with Gasteiger partial charge in [-0.25, -0.2) is 4.68 Å². The van der Waals surface area contributed by atoms with Gasteiger partial charge in [-0.15, -0.1) is 0 Å². The van der Waals surface area contributed by atoms with Crippen LogP contribution in [-0.2, 0) is 0 Å². The topological polar surface area (TPSA) is 85.2 Å². The van der Waals surface area contributed by atoms with Gasteiger partial charge in [0.1, 0.15) is 11.4 Å². The van der Waals surface area contributed by atoms with Crippen LogP contribution in [0.2, 0.25) is 0 Å². The number of amides is 2. The third kappa shape index (κ3) is 3.91. The summed E-state index contributed by atoms with van der Waals surface area (Å²) in [6.07, 6.45) is 3.59. The van der Waals surface area contributed by atoms with Crippen molar-refractivity contribution in [1.82, 2.24) is 15.1 Å². The maximum absolute atomic E-state index is 13.0. The molecule has 1 fully saturated rings. The van der Waals surface area contributed by atoms with Gasteiger partial charge in [-0.1, -0.05) is 18.2 Å². The number of ether oxygens (including phenoxy) is 1. The Morgan fingerprint density at radius 2 is 1.87 bits per heavy atom. The summed E-state index contributed by atoms with van der Waals surface area (Å²) in [5.74, 6) is 0.269. The standard InChI is InChI=1S/C23H24N4O3/c1-14-8-9-16(22(28)25-17-10-11-17)12-19(14)26-23(29)18-13-24-27(15(18)2)20-6-4-5-7-21(20)30-3/h4-9,12-13,17H,10-11H2,1-3H3,(H,25,28)(H,26,29). The van der Waals surface area contributed by atoms with Gasteiger partial charge in [0.25, 0.3) is 11.8 Å². The van der Waals surface area contributed by atoms with Gasteiger partial charge in [0.05, 0.1) is 24.6 Å². The predicted molar refractivity (Wildman–Crippen MR) is 114 cm³/mol. The fourth-order valence-corrected chi connectivity index (χ4v) is 3.26. The van der Waals surface area contributed by atoms with Gasteiger partial charge in [-0.05, 0) is 56.5 Å². The Balaban J connectivity index is 1.57. The predicted octanol–water partition coefficient (Wildman–Crippen LogP) is 3.64. The summed E-state index contributed by atoms with van der Waals surface area (Å²) in [6.45, 7) is 3.73.